The molecule has 2 atom stereocenters. The van der Waals surface area contributed by atoms with E-state index in [1.54, 1.807) is 7.11 Å². The zero-order valence-corrected chi connectivity index (χ0v) is 14.7. The molecular weight excluding hydrogens is 340 g/mol. The molecule has 0 radical (unpaired) electrons. The van der Waals surface area contributed by atoms with Gasteiger partial charge in [0.25, 0.3) is 0 Å². The van der Waals surface area contributed by atoms with E-state index in [1.807, 2.05) is 29.6 Å². The molecule has 1 heterocycles. The summed E-state index contributed by atoms with van der Waals surface area (Å²) in [4.78, 5) is 28.3. The van der Waals surface area contributed by atoms with Gasteiger partial charge in [0.2, 0.25) is 5.91 Å². The average Bonchev–Trinajstić information content (AvgIpc) is 3.10. The summed E-state index contributed by atoms with van der Waals surface area (Å²) in [5, 5.41) is 14.5. The predicted octanol–water partition coefficient (Wildman–Crippen LogP) is 3.65. The van der Waals surface area contributed by atoms with Crippen molar-refractivity contribution in [3.05, 3.63) is 29.6 Å². The molecule has 0 bridgehead atoms. The van der Waals surface area contributed by atoms with Crippen molar-refractivity contribution in [2.24, 2.45) is 11.8 Å². The summed E-state index contributed by atoms with van der Waals surface area (Å²) in [6.07, 6.45) is 2.92. The van der Waals surface area contributed by atoms with Gasteiger partial charge in [0.1, 0.15) is 5.75 Å². The monoisotopic (exact) mass is 360 g/mol. The number of nitrogens with zero attached hydrogens (tertiary/aromatic N) is 1. The molecule has 1 amide bonds. The number of carboxylic acid groups (broad SMARTS) is 1. The Labute approximate surface area is 149 Å². The second-order valence-electron chi connectivity index (χ2n) is 6.09. The lowest BCUT2D eigenvalue weighted by atomic mass is 9.79. The maximum Gasteiger partial charge on any atom is 0.307 e. The van der Waals surface area contributed by atoms with Crippen LogP contribution in [0.15, 0.2) is 29.6 Å². The predicted molar refractivity (Wildman–Crippen MR) is 95.8 cm³/mol. The molecule has 6 nitrogen and oxygen atoms in total. The number of rotatable bonds is 5. The van der Waals surface area contributed by atoms with Crippen LogP contribution in [0.1, 0.15) is 25.7 Å². The van der Waals surface area contributed by atoms with Crippen LogP contribution in [0.2, 0.25) is 0 Å². The van der Waals surface area contributed by atoms with E-state index >= 15 is 0 Å². The summed E-state index contributed by atoms with van der Waals surface area (Å²) in [6, 6.07) is 7.51. The molecule has 1 aliphatic carbocycles. The first-order valence-corrected chi connectivity index (χ1v) is 9.10. The second kappa shape index (κ2) is 7.65. The van der Waals surface area contributed by atoms with Gasteiger partial charge >= 0.3 is 5.97 Å². The zero-order valence-electron chi connectivity index (χ0n) is 13.9. The van der Waals surface area contributed by atoms with Crippen LogP contribution < -0.4 is 10.1 Å². The fraction of sp³-hybridized carbons (Fsp3) is 0.389. The quantitative estimate of drug-likeness (QED) is 0.850. The lowest BCUT2D eigenvalue weighted by molar-refractivity contribution is -0.147. The van der Waals surface area contributed by atoms with E-state index in [1.165, 1.54) is 11.3 Å². The first-order chi connectivity index (χ1) is 12.1. The smallest absolute Gasteiger partial charge is 0.307 e. The van der Waals surface area contributed by atoms with Gasteiger partial charge in [-0.25, -0.2) is 4.98 Å². The number of nitrogens with one attached hydrogen (secondary N) is 1. The number of benzene rings is 1. The largest absolute Gasteiger partial charge is 0.497 e. The van der Waals surface area contributed by atoms with E-state index in [0.29, 0.717) is 18.0 Å². The third-order valence-electron chi connectivity index (χ3n) is 4.54. The van der Waals surface area contributed by atoms with E-state index in [0.717, 1.165) is 29.8 Å². The lowest BCUT2D eigenvalue weighted by Gasteiger charge is -2.26. The number of aliphatic carboxylic acids is 1. The minimum Gasteiger partial charge on any atom is -0.497 e. The van der Waals surface area contributed by atoms with Gasteiger partial charge in [0.05, 0.1) is 24.6 Å². The zero-order chi connectivity index (χ0) is 17.8. The normalized spacial score (nSPS) is 20.0. The Bertz CT molecular complexity index is 757. The van der Waals surface area contributed by atoms with Crippen molar-refractivity contribution >= 4 is 28.3 Å². The summed E-state index contributed by atoms with van der Waals surface area (Å²) in [5.74, 6) is -1.46. The summed E-state index contributed by atoms with van der Waals surface area (Å²) in [6.45, 7) is 0. The van der Waals surface area contributed by atoms with Gasteiger partial charge in [0, 0.05) is 10.9 Å². The number of ether oxygens (including phenoxy) is 1. The van der Waals surface area contributed by atoms with Crippen molar-refractivity contribution < 1.29 is 19.4 Å². The van der Waals surface area contributed by atoms with Gasteiger partial charge in [-0.3, -0.25) is 9.59 Å². The van der Waals surface area contributed by atoms with Crippen molar-refractivity contribution in [3.8, 4) is 17.0 Å². The first kappa shape index (κ1) is 17.4. The van der Waals surface area contributed by atoms with Crippen molar-refractivity contribution in [1.29, 1.82) is 0 Å². The van der Waals surface area contributed by atoms with Crippen LogP contribution in [-0.4, -0.2) is 29.1 Å². The van der Waals surface area contributed by atoms with E-state index < -0.39 is 17.8 Å². The molecule has 1 aliphatic rings. The Morgan fingerprint density at radius 3 is 2.52 bits per heavy atom. The number of aromatic nitrogens is 1. The van der Waals surface area contributed by atoms with Crippen LogP contribution in [0.25, 0.3) is 11.3 Å². The van der Waals surface area contributed by atoms with E-state index in [9.17, 15) is 14.7 Å². The maximum atomic E-state index is 12.5. The molecule has 25 heavy (non-hydrogen) atoms. The summed E-state index contributed by atoms with van der Waals surface area (Å²) < 4.78 is 5.14. The third-order valence-corrected chi connectivity index (χ3v) is 5.30. The number of carbonyl (C=O) groups is 2. The molecular formula is C18H20N2O4S. The Balaban J connectivity index is 1.69. The van der Waals surface area contributed by atoms with Gasteiger partial charge in [-0.05, 0) is 37.1 Å². The minimum absolute atomic E-state index is 0.247. The number of carboxylic acids is 1. The van der Waals surface area contributed by atoms with Gasteiger partial charge in [-0.15, -0.1) is 11.3 Å². The molecule has 0 aliphatic heterocycles. The number of hydrogen-bond acceptors (Lipinski definition) is 5. The Morgan fingerprint density at radius 2 is 1.88 bits per heavy atom. The summed E-state index contributed by atoms with van der Waals surface area (Å²) in [7, 11) is 1.61. The Kier molecular flexibility index (Phi) is 5.33. The molecule has 1 saturated carbocycles. The van der Waals surface area contributed by atoms with Crippen LogP contribution in [0.5, 0.6) is 5.75 Å². The molecule has 7 heteroatoms. The number of anilines is 1. The van der Waals surface area contributed by atoms with Crippen LogP contribution in [0, 0.1) is 11.8 Å². The second-order valence-corrected chi connectivity index (χ2v) is 6.95. The van der Waals surface area contributed by atoms with Crippen molar-refractivity contribution in [1.82, 2.24) is 4.98 Å². The maximum absolute atomic E-state index is 12.5. The number of carbonyl (C=O) groups excluding carboxylic acids is 1. The van der Waals surface area contributed by atoms with Gasteiger partial charge in [-0.2, -0.15) is 0 Å². The number of hydrogen-bond donors (Lipinski definition) is 2. The Hall–Kier alpha value is -2.41. The highest BCUT2D eigenvalue weighted by Gasteiger charge is 2.35. The highest BCUT2D eigenvalue weighted by atomic mass is 32.1. The van der Waals surface area contributed by atoms with Crippen molar-refractivity contribution in [2.45, 2.75) is 25.7 Å². The van der Waals surface area contributed by atoms with Crippen LogP contribution in [-0.2, 0) is 9.59 Å². The van der Waals surface area contributed by atoms with Crippen LogP contribution in [0.4, 0.5) is 5.13 Å². The van der Waals surface area contributed by atoms with Gasteiger partial charge < -0.3 is 15.2 Å². The third kappa shape index (κ3) is 3.99. The van der Waals surface area contributed by atoms with Gasteiger partial charge in [-0.1, -0.05) is 12.8 Å². The highest BCUT2D eigenvalue weighted by molar-refractivity contribution is 7.14. The van der Waals surface area contributed by atoms with Crippen molar-refractivity contribution in [3.63, 3.8) is 0 Å². The highest BCUT2D eigenvalue weighted by Crippen LogP contribution is 2.32. The SMILES string of the molecule is COc1ccc(-c2csc(NC(=O)[C@H]3CCCC[C@H]3C(=O)O)n2)cc1. The fourth-order valence-electron chi connectivity index (χ4n) is 3.16. The molecule has 2 aromatic rings. The van der Waals surface area contributed by atoms with Crippen molar-refractivity contribution in [2.75, 3.05) is 12.4 Å². The molecule has 2 N–H and O–H groups in total. The van der Waals surface area contributed by atoms with Gasteiger partial charge in [0.15, 0.2) is 5.13 Å². The molecule has 0 spiro atoms. The van der Waals surface area contributed by atoms with Crippen LogP contribution >= 0.6 is 11.3 Å². The number of amides is 1. The average molecular weight is 360 g/mol. The molecule has 3 rings (SSSR count). The van der Waals surface area contributed by atoms with E-state index in [4.69, 9.17) is 4.74 Å². The Morgan fingerprint density at radius 1 is 1.20 bits per heavy atom. The topological polar surface area (TPSA) is 88.5 Å². The standard InChI is InChI=1S/C18H20N2O4S/c1-24-12-8-6-11(7-9-12)15-10-25-18(19-15)20-16(21)13-4-2-3-5-14(13)17(22)23/h6-10,13-14H,2-5H2,1H3,(H,22,23)(H,19,20,21)/t13-,14+/m0/s1. The molecule has 1 aromatic heterocycles. The lowest BCUT2D eigenvalue weighted by Crippen LogP contribution is -2.36. The molecule has 1 fully saturated rings. The minimum atomic E-state index is -0.891. The molecule has 0 saturated heterocycles. The molecule has 132 valence electrons. The summed E-state index contributed by atoms with van der Waals surface area (Å²) >= 11 is 1.33. The van der Waals surface area contributed by atoms with E-state index in [-0.39, 0.29) is 5.91 Å². The first-order valence-electron chi connectivity index (χ1n) is 8.22. The van der Waals surface area contributed by atoms with Crippen LogP contribution in [0.3, 0.4) is 0 Å². The fourth-order valence-corrected chi connectivity index (χ4v) is 3.89. The summed E-state index contributed by atoms with van der Waals surface area (Å²) in [5.41, 5.74) is 1.69. The number of methoxy groups -OCH3 is 1. The molecule has 1 aromatic carbocycles. The number of thiazole rings is 1. The van der Waals surface area contributed by atoms with E-state index in [2.05, 4.69) is 10.3 Å². The molecule has 0 unspecified atom stereocenters.